The number of amides is 4. The number of imide groups is 1. The van der Waals surface area contributed by atoms with E-state index in [0.717, 1.165) is 17.7 Å². The molecule has 39 heavy (non-hydrogen) atoms. The van der Waals surface area contributed by atoms with Crippen LogP contribution < -0.4 is 9.47 Å². The molecule has 0 N–H and O–H groups in total. The Hall–Kier alpha value is -3.57. The minimum Gasteiger partial charge on any atom is -0.489 e. The number of hydrogen-bond donors (Lipinski definition) is 0. The Labute approximate surface area is 224 Å². The van der Waals surface area contributed by atoms with E-state index in [1.807, 2.05) is 0 Å². The lowest BCUT2D eigenvalue weighted by atomic mass is 9.83. The average Bonchev–Trinajstić information content (AvgIpc) is 3.64. The van der Waals surface area contributed by atoms with Gasteiger partial charge in [0.25, 0.3) is 5.91 Å². The van der Waals surface area contributed by atoms with Crippen molar-refractivity contribution in [2.75, 3.05) is 26.2 Å². The number of carbonyl (C=O) groups excluding carboxylic acids is 4. The first-order valence-electron chi connectivity index (χ1n) is 13.3. The van der Waals surface area contributed by atoms with Crippen molar-refractivity contribution in [1.82, 2.24) is 14.8 Å². The fourth-order valence-electron chi connectivity index (χ4n) is 5.18. The lowest BCUT2D eigenvalue weighted by Gasteiger charge is -2.36. The number of hydrazone groups is 1. The van der Waals surface area contributed by atoms with Crippen LogP contribution in [-0.4, -0.2) is 83.0 Å². The quantitative estimate of drug-likeness (QED) is 0.441. The Bertz CT molecular complexity index is 1190. The number of carbonyl (C=O) groups is 4. The lowest BCUT2D eigenvalue weighted by molar-refractivity contribution is -0.147. The van der Waals surface area contributed by atoms with Crippen LogP contribution in [-0.2, 0) is 19.2 Å². The number of ether oxygens (including phenoxy) is 2. The summed E-state index contributed by atoms with van der Waals surface area (Å²) in [5.74, 6) is -0.619. The van der Waals surface area contributed by atoms with Gasteiger partial charge in [0.05, 0.1) is 23.8 Å². The van der Waals surface area contributed by atoms with Crippen molar-refractivity contribution >= 4 is 29.3 Å². The molecule has 5 rings (SSSR count). The maximum Gasteiger partial charge on any atom is 0.387 e. The van der Waals surface area contributed by atoms with Gasteiger partial charge in [-0.1, -0.05) is 0 Å². The Kier molecular flexibility index (Phi) is 7.30. The van der Waals surface area contributed by atoms with Crippen LogP contribution in [0.3, 0.4) is 0 Å². The van der Waals surface area contributed by atoms with Gasteiger partial charge in [-0.25, -0.2) is 5.01 Å². The standard InChI is InChI=1S/C27H32F2N4O6/c1-27(2)24(17-5-6-19(39-26(28)29)20(13-17)38-15-16-3-4-16)30-33(25(27)37)18-9-11-31(12-10-18)23(36)14-32-21(34)7-8-22(32)35/h5-6,13,16,18,26H,3-4,7-12,14-15H2,1-2H3. The number of piperidine rings is 1. The molecule has 0 atom stereocenters. The highest BCUT2D eigenvalue weighted by Gasteiger charge is 2.47. The first-order chi connectivity index (χ1) is 18.5. The zero-order chi connectivity index (χ0) is 27.9. The first-order valence-corrected chi connectivity index (χ1v) is 13.3. The zero-order valence-corrected chi connectivity index (χ0v) is 22.0. The Morgan fingerprint density at radius 1 is 1.05 bits per heavy atom. The summed E-state index contributed by atoms with van der Waals surface area (Å²) >= 11 is 0. The smallest absolute Gasteiger partial charge is 0.387 e. The highest BCUT2D eigenvalue weighted by molar-refractivity contribution is 6.19. The van der Waals surface area contributed by atoms with Crippen molar-refractivity contribution in [2.24, 2.45) is 16.4 Å². The van der Waals surface area contributed by atoms with Crippen LogP contribution in [0.25, 0.3) is 0 Å². The largest absolute Gasteiger partial charge is 0.489 e. The SMILES string of the molecule is CC1(C)C(=O)N(C2CCN(C(=O)CN3C(=O)CCC3=O)CC2)N=C1c1ccc(OC(F)F)c(OCC2CC2)c1. The number of likely N-dealkylation sites (tertiary alicyclic amines) is 2. The molecule has 10 nitrogen and oxygen atoms in total. The van der Waals surface area contributed by atoms with Gasteiger partial charge in [-0.05, 0) is 63.6 Å². The second-order valence-corrected chi connectivity index (χ2v) is 11.0. The fourth-order valence-corrected chi connectivity index (χ4v) is 5.18. The van der Waals surface area contributed by atoms with Gasteiger partial charge in [-0.2, -0.15) is 13.9 Å². The second-order valence-electron chi connectivity index (χ2n) is 11.0. The van der Waals surface area contributed by atoms with E-state index in [-0.39, 0.29) is 60.6 Å². The maximum absolute atomic E-state index is 13.4. The molecule has 12 heteroatoms. The van der Waals surface area contributed by atoms with E-state index in [4.69, 9.17) is 4.74 Å². The monoisotopic (exact) mass is 546 g/mol. The first kappa shape index (κ1) is 27.0. The molecule has 0 spiro atoms. The molecule has 1 aromatic carbocycles. The summed E-state index contributed by atoms with van der Waals surface area (Å²) in [5, 5.41) is 6.15. The molecule has 4 amide bonds. The van der Waals surface area contributed by atoms with Gasteiger partial charge in [-0.3, -0.25) is 24.1 Å². The topological polar surface area (TPSA) is 109 Å². The number of halogens is 2. The fraction of sp³-hybridized carbons (Fsp3) is 0.593. The van der Waals surface area contributed by atoms with Crippen LogP contribution in [0.5, 0.6) is 11.5 Å². The van der Waals surface area contributed by atoms with Gasteiger partial charge in [0.1, 0.15) is 6.54 Å². The van der Waals surface area contributed by atoms with Crippen molar-refractivity contribution in [1.29, 1.82) is 0 Å². The van der Waals surface area contributed by atoms with E-state index in [1.165, 1.54) is 11.1 Å². The molecule has 0 bridgehead atoms. The predicted molar refractivity (Wildman–Crippen MR) is 134 cm³/mol. The van der Waals surface area contributed by atoms with Crippen LogP contribution in [0.4, 0.5) is 8.78 Å². The highest BCUT2D eigenvalue weighted by Crippen LogP contribution is 2.39. The second kappa shape index (κ2) is 10.5. The summed E-state index contributed by atoms with van der Waals surface area (Å²) < 4.78 is 36.3. The molecular weight excluding hydrogens is 514 g/mol. The normalized spacial score (nSPS) is 21.7. The molecule has 0 unspecified atom stereocenters. The third-order valence-corrected chi connectivity index (χ3v) is 7.76. The summed E-state index contributed by atoms with van der Waals surface area (Å²) in [5.41, 5.74) is 0.107. The maximum atomic E-state index is 13.4. The summed E-state index contributed by atoms with van der Waals surface area (Å²) in [4.78, 5) is 52.5. The molecule has 4 aliphatic rings. The summed E-state index contributed by atoms with van der Waals surface area (Å²) in [6.45, 7) is 1.43. The molecule has 0 radical (unpaired) electrons. The molecule has 2 saturated heterocycles. The number of nitrogens with zero attached hydrogens (tertiary/aromatic N) is 4. The number of hydrogen-bond acceptors (Lipinski definition) is 7. The van der Waals surface area contributed by atoms with Crippen LogP contribution in [0.15, 0.2) is 23.3 Å². The van der Waals surface area contributed by atoms with Gasteiger partial charge >= 0.3 is 6.61 Å². The number of alkyl halides is 2. The van der Waals surface area contributed by atoms with Gasteiger partial charge < -0.3 is 14.4 Å². The average molecular weight is 547 g/mol. The van der Waals surface area contributed by atoms with E-state index in [1.54, 1.807) is 30.9 Å². The predicted octanol–water partition coefficient (Wildman–Crippen LogP) is 2.79. The molecule has 1 aromatic rings. The zero-order valence-electron chi connectivity index (χ0n) is 22.0. The summed E-state index contributed by atoms with van der Waals surface area (Å²) in [7, 11) is 0. The van der Waals surface area contributed by atoms with Gasteiger partial charge in [0.15, 0.2) is 11.5 Å². The summed E-state index contributed by atoms with van der Waals surface area (Å²) in [6, 6.07) is 4.37. The number of rotatable bonds is 9. The molecule has 210 valence electrons. The van der Waals surface area contributed by atoms with E-state index >= 15 is 0 Å². The van der Waals surface area contributed by atoms with Gasteiger partial charge in [0.2, 0.25) is 17.7 Å². The van der Waals surface area contributed by atoms with E-state index in [2.05, 4.69) is 9.84 Å². The van der Waals surface area contributed by atoms with Gasteiger partial charge in [0, 0.05) is 31.5 Å². The molecule has 3 aliphatic heterocycles. The molecule has 0 aromatic heterocycles. The highest BCUT2D eigenvalue weighted by atomic mass is 19.3. The van der Waals surface area contributed by atoms with Crippen LogP contribution in [0, 0.1) is 11.3 Å². The molecule has 1 saturated carbocycles. The van der Waals surface area contributed by atoms with Crippen LogP contribution in [0.1, 0.15) is 57.9 Å². The van der Waals surface area contributed by atoms with Crippen molar-refractivity contribution in [3.8, 4) is 11.5 Å². The van der Waals surface area contributed by atoms with Gasteiger partial charge in [-0.15, -0.1) is 0 Å². The third kappa shape index (κ3) is 5.60. The minimum absolute atomic E-state index is 0.0663. The van der Waals surface area contributed by atoms with Crippen molar-refractivity contribution in [2.45, 2.75) is 65.0 Å². The van der Waals surface area contributed by atoms with Crippen molar-refractivity contribution < 1.29 is 37.4 Å². The van der Waals surface area contributed by atoms with Crippen molar-refractivity contribution in [3.63, 3.8) is 0 Å². The van der Waals surface area contributed by atoms with E-state index < -0.39 is 12.0 Å². The Balaban J connectivity index is 1.28. The Morgan fingerprint density at radius 2 is 1.72 bits per heavy atom. The molecule has 3 heterocycles. The summed E-state index contributed by atoms with van der Waals surface area (Å²) in [6.07, 6.45) is 3.32. The molecule has 1 aliphatic carbocycles. The third-order valence-electron chi connectivity index (χ3n) is 7.76. The lowest BCUT2D eigenvalue weighted by Crippen LogP contribution is -2.50. The molecule has 3 fully saturated rings. The van der Waals surface area contributed by atoms with E-state index in [0.29, 0.717) is 49.7 Å². The van der Waals surface area contributed by atoms with Crippen LogP contribution >= 0.6 is 0 Å². The minimum atomic E-state index is -2.99. The van der Waals surface area contributed by atoms with Crippen molar-refractivity contribution in [3.05, 3.63) is 23.8 Å². The number of benzene rings is 1. The molecular formula is C27H32F2N4O6. The Morgan fingerprint density at radius 3 is 2.33 bits per heavy atom. The van der Waals surface area contributed by atoms with E-state index in [9.17, 15) is 28.0 Å². The van der Waals surface area contributed by atoms with Crippen LogP contribution in [0.2, 0.25) is 0 Å².